The van der Waals surface area contributed by atoms with Crippen molar-refractivity contribution in [1.82, 2.24) is 15.1 Å². The summed E-state index contributed by atoms with van der Waals surface area (Å²) in [5.41, 5.74) is 0. The Bertz CT molecular complexity index is 399. The van der Waals surface area contributed by atoms with E-state index in [-0.39, 0.29) is 12.1 Å². The summed E-state index contributed by atoms with van der Waals surface area (Å²) in [7, 11) is 0. The third kappa shape index (κ3) is 4.09. The second-order valence-corrected chi connectivity index (χ2v) is 5.43. The van der Waals surface area contributed by atoms with Gasteiger partial charge in [-0.3, -0.25) is 9.59 Å². The molecular formula is C14H23N3O4. The van der Waals surface area contributed by atoms with Gasteiger partial charge in [-0.15, -0.1) is 0 Å². The standard InChI is InChI=1S/C14H23N3O4/c1-2-21-14(20)17-9-5-11(6-10-17)15-12(18)13(19)16-7-3-4-8-16/h11H,2-10H2,1H3,(H,15,18). The summed E-state index contributed by atoms with van der Waals surface area (Å²) in [6.07, 6.45) is 2.93. The normalized spacial score (nSPS) is 19.5. The highest BCUT2D eigenvalue weighted by Crippen LogP contribution is 2.12. The summed E-state index contributed by atoms with van der Waals surface area (Å²) in [6.45, 7) is 4.57. The monoisotopic (exact) mass is 297 g/mol. The van der Waals surface area contributed by atoms with Gasteiger partial charge in [0.1, 0.15) is 0 Å². The first kappa shape index (κ1) is 15.6. The number of nitrogens with one attached hydrogen (secondary N) is 1. The van der Waals surface area contributed by atoms with E-state index >= 15 is 0 Å². The lowest BCUT2D eigenvalue weighted by Gasteiger charge is -2.31. The maximum atomic E-state index is 11.9. The molecule has 0 saturated carbocycles. The molecule has 3 amide bonds. The Morgan fingerprint density at radius 3 is 2.24 bits per heavy atom. The van der Waals surface area contributed by atoms with Gasteiger partial charge in [0.15, 0.2) is 0 Å². The molecule has 21 heavy (non-hydrogen) atoms. The Hall–Kier alpha value is -1.79. The molecule has 0 radical (unpaired) electrons. The largest absolute Gasteiger partial charge is 0.450 e. The molecule has 2 saturated heterocycles. The number of carbonyl (C=O) groups is 3. The van der Waals surface area contributed by atoms with Gasteiger partial charge < -0.3 is 19.9 Å². The number of piperidine rings is 1. The lowest BCUT2D eigenvalue weighted by molar-refractivity contribution is -0.145. The minimum atomic E-state index is -0.522. The zero-order valence-corrected chi connectivity index (χ0v) is 12.5. The number of carbonyl (C=O) groups excluding carboxylic acids is 3. The fraction of sp³-hybridized carbons (Fsp3) is 0.786. The van der Waals surface area contributed by atoms with Crippen LogP contribution in [0.5, 0.6) is 0 Å². The van der Waals surface area contributed by atoms with Crippen molar-refractivity contribution in [2.24, 2.45) is 0 Å². The minimum Gasteiger partial charge on any atom is -0.450 e. The highest BCUT2D eigenvalue weighted by molar-refractivity contribution is 6.35. The first-order valence-corrected chi connectivity index (χ1v) is 7.63. The zero-order valence-electron chi connectivity index (χ0n) is 12.5. The summed E-state index contributed by atoms with van der Waals surface area (Å²) < 4.78 is 4.94. The van der Waals surface area contributed by atoms with E-state index in [0.717, 1.165) is 12.8 Å². The number of hydrogen-bond donors (Lipinski definition) is 1. The Labute approximate surface area is 124 Å². The molecule has 7 heteroatoms. The molecule has 0 atom stereocenters. The molecule has 0 unspecified atom stereocenters. The van der Waals surface area contributed by atoms with Crippen LogP contribution in [-0.4, -0.2) is 66.5 Å². The lowest BCUT2D eigenvalue weighted by Crippen LogP contribution is -2.50. The molecule has 1 N–H and O–H groups in total. The molecule has 118 valence electrons. The molecule has 0 aromatic rings. The average molecular weight is 297 g/mol. The third-order valence-corrected chi connectivity index (χ3v) is 3.94. The number of amides is 3. The topological polar surface area (TPSA) is 79.0 Å². The van der Waals surface area contributed by atoms with Crippen LogP contribution in [-0.2, 0) is 14.3 Å². The molecule has 0 aromatic carbocycles. The molecule has 0 aromatic heterocycles. The van der Waals surface area contributed by atoms with Crippen LogP contribution in [0.2, 0.25) is 0 Å². The molecule has 2 fully saturated rings. The van der Waals surface area contributed by atoms with Crippen molar-refractivity contribution in [3.05, 3.63) is 0 Å². The van der Waals surface area contributed by atoms with E-state index in [1.807, 2.05) is 0 Å². The van der Waals surface area contributed by atoms with Crippen molar-refractivity contribution in [3.63, 3.8) is 0 Å². The number of ether oxygens (including phenoxy) is 1. The smallest absolute Gasteiger partial charge is 0.409 e. The fourth-order valence-electron chi connectivity index (χ4n) is 2.73. The van der Waals surface area contributed by atoms with E-state index in [1.54, 1.807) is 16.7 Å². The Kier molecular flexibility index (Phi) is 5.41. The van der Waals surface area contributed by atoms with Crippen LogP contribution in [0.3, 0.4) is 0 Å². The quantitative estimate of drug-likeness (QED) is 0.746. The van der Waals surface area contributed by atoms with Crippen molar-refractivity contribution in [3.8, 4) is 0 Å². The first-order chi connectivity index (χ1) is 10.1. The summed E-state index contributed by atoms with van der Waals surface area (Å²) in [5.74, 6) is -0.952. The molecule has 0 spiro atoms. The average Bonchev–Trinajstić information content (AvgIpc) is 3.01. The maximum absolute atomic E-state index is 11.9. The maximum Gasteiger partial charge on any atom is 0.409 e. The molecular weight excluding hydrogens is 274 g/mol. The molecule has 0 aliphatic carbocycles. The Morgan fingerprint density at radius 2 is 1.67 bits per heavy atom. The summed E-state index contributed by atoms with van der Waals surface area (Å²) in [5, 5.41) is 2.78. The van der Waals surface area contributed by atoms with Gasteiger partial charge in [0, 0.05) is 32.2 Å². The predicted octanol–water partition coefficient (Wildman–Crippen LogP) is 0.346. The van der Waals surface area contributed by atoms with Gasteiger partial charge in [0.05, 0.1) is 6.61 Å². The zero-order chi connectivity index (χ0) is 15.2. The summed E-state index contributed by atoms with van der Waals surface area (Å²) in [6, 6.07) is -0.0465. The fourth-order valence-corrected chi connectivity index (χ4v) is 2.73. The number of likely N-dealkylation sites (tertiary alicyclic amines) is 2. The second kappa shape index (κ2) is 7.28. The van der Waals surface area contributed by atoms with E-state index in [9.17, 15) is 14.4 Å². The van der Waals surface area contributed by atoms with E-state index in [2.05, 4.69) is 5.32 Å². The van der Waals surface area contributed by atoms with Crippen LogP contribution in [0.4, 0.5) is 4.79 Å². The van der Waals surface area contributed by atoms with Crippen molar-refractivity contribution in [1.29, 1.82) is 0 Å². The van der Waals surface area contributed by atoms with E-state index in [4.69, 9.17) is 4.74 Å². The van der Waals surface area contributed by atoms with E-state index in [1.165, 1.54) is 0 Å². The van der Waals surface area contributed by atoms with Crippen LogP contribution in [0, 0.1) is 0 Å². The van der Waals surface area contributed by atoms with Crippen LogP contribution in [0.25, 0.3) is 0 Å². The summed E-state index contributed by atoms with van der Waals surface area (Å²) in [4.78, 5) is 38.6. The van der Waals surface area contributed by atoms with Gasteiger partial charge in [-0.05, 0) is 32.6 Å². The van der Waals surface area contributed by atoms with Crippen molar-refractivity contribution < 1.29 is 19.1 Å². The summed E-state index contributed by atoms with van der Waals surface area (Å²) >= 11 is 0. The molecule has 2 heterocycles. The Balaban J connectivity index is 1.74. The second-order valence-electron chi connectivity index (χ2n) is 5.43. The SMILES string of the molecule is CCOC(=O)N1CCC(NC(=O)C(=O)N2CCCC2)CC1. The molecule has 2 rings (SSSR count). The number of hydrogen-bond acceptors (Lipinski definition) is 4. The molecule has 7 nitrogen and oxygen atoms in total. The lowest BCUT2D eigenvalue weighted by atomic mass is 10.1. The van der Waals surface area contributed by atoms with Crippen LogP contribution >= 0.6 is 0 Å². The Morgan fingerprint density at radius 1 is 1.05 bits per heavy atom. The molecule has 0 bridgehead atoms. The van der Waals surface area contributed by atoms with Gasteiger partial charge in [-0.2, -0.15) is 0 Å². The van der Waals surface area contributed by atoms with Crippen molar-refractivity contribution in [2.75, 3.05) is 32.8 Å². The highest BCUT2D eigenvalue weighted by atomic mass is 16.6. The van der Waals surface area contributed by atoms with Crippen LogP contribution in [0.15, 0.2) is 0 Å². The van der Waals surface area contributed by atoms with Crippen LogP contribution < -0.4 is 5.32 Å². The third-order valence-electron chi connectivity index (χ3n) is 3.94. The highest BCUT2D eigenvalue weighted by Gasteiger charge is 2.29. The van der Waals surface area contributed by atoms with E-state index in [0.29, 0.717) is 45.6 Å². The van der Waals surface area contributed by atoms with Gasteiger partial charge in [-0.1, -0.05) is 0 Å². The predicted molar refractivity (Wildman–Crippen MR) is 75.6 cm³/mol. The van der Waals surface area contributed by atoms with Gasteiger partial charge in [-0.25, -0.2) is 4.79 Å². The molecule has 2 aliphatic heterocycles. The van der Waals surface area contributed by atoms with Gasteiger partial charge in [0.25, 0.3) is 0 Å². The number of nitrogens with zero attached hydrogens (tertiary/aromatic N) is 2. The van der Waals surface area contributed by atoms with Crippen molar-refractivity contribution >= 4 is 17.9 Å². The van der Waals surface area contributed by atoms with Crippen LogP contribution in [0.1, 0.15) is 32.6 Å². The van der Waals surface area contributed by atoms with Gasteiger partial charge in [0.2, 0.25) is 0 Å². The minimum absolute atomic E-state index is 0.0465. The van der Waals surface area contributed by atoms with E-state index < -0.39 is 11.8 Å². The first-order valence-electron chi connectivity index (χ1n) is 7.63. The van der Waals surface area contributed by atoms with Crippen molar-refractivity contribution in [2.45, 2.75) is 38.6 Å². The van der Waals surface area contributed by atoms with Gasteiger partial charge >= 0.3 is 17.9 Å². The number of rotatable bonds is 2. The molecule has 2 aliphatic rings.